The van der Waals surface area contributed by atoms with Crippen LogP contribution in [0.25, 0.3) is 0 Å². The first-order valence-electron chi connectivity index (χ1n) is 3.42. The van der Waals surface area contributed by atoms with Gasteiger partial charge in [0.2, 0.25) is 0 Å². The first-order valence-corrected chi connectivity index (χ1v) is 3.42. The Labute approximate surface area is 75.6 Å². The summed E-state index contributed by atoms with van der Waals surface area (Å²) in [5.41, 5.74) is 0. The normalized spacial score (nSPS) is 9.27. The van der Waals surface area contributed by atoms with Gasteiger partial charge in [0.1, 0.15) is 0 Å². The molecular formula is C7H20ClNO2. The van der Waals surface area contributed by atoms with E-state index in [9.17, 15) is 0 Å². The Morgan fingerprint density at radius 2 is 1.09 bits per heavy atom. The van der Waals surface area contributed by atoms with Crippen molar-refractivity contribution in [2.75, 3.05) is 41.4 Å². The third-order valence-corrected chi connectivity index (χ3v) is 0.316. The van der Waals surface area contributed by atoms with Gasteiger partial charge in [-0.3, -0.25) is 0 Å². The summed E-state index contributed by atoms with van der Waals surface area (Å²) in [6.07, 6.45) is 0.500. The monoisotopic (exact) mass is 185 g/mol. The lowest BCUT2D eigenvalue weighted by Gasteiger charge is -2.14. The first kappa shape index (κ1) is 17.3. The predicted molar refractivity (Wildman–Crippen MR) is 42.7 cm³/mol. The van der Waals surface area contributed by atoms with Crippen molar-refractivity contribution in [2.45, 2.75) is 6.42 Å². The molecule has 72 valence electrons. The van der Waals surface area contributed by atoms with Gasteiger partial charge in [-0.1, -0.05) is 0 Å². The summed E-state index contributed by atoms with van der Waals surface area (Å²) >= 11 is 0. The Balaban J connectivity index is -0.000000107. The van der Waals surface area contributed by atoms with Gasteiger partial charge in [0.05, 0.1) is 28.2 Å². The Kier molecular flexibility index (Phi) is 16.0. The van der Waals surface area contributed by atoms with Crippen molar-refractivity contribution < 1.29 is 27.1 Å². The van der Waals surface area contributed by atoms with Crippen LogP contribution in [0.2, 0.25) is 0 Å². The summed E-state index contributed by atoms with van der Waals surface area (Å²) in [6.45, 7) is 0.188. The second-order valence-corrected chi connectivity index (χ2v) is 3.48. The maximum Gasteiger partial charge on any atom is 0.0675 e. The molecule has 0 aromatic heterocycles. The molecular weight excluding hydrogens is 166 g/mol. The van der Waals surface area contributed by atoms with Crippen LogP contribution in [0, 0.1) is 0 Å². The molecule has 2 N–H and O–H groups in total. The van der Waals surface area contributed by atoms with Gasteiger partial charge in [0, 0.05) is 13.2 Å². The number of hydrogen-bond acceptors (Lipinski definition) is 2. The molecule has 0 spiro atoms. The number of hydrogen-bond donors (Lipinski definition) is 2. The Bertz CT molecular complexity index is 56.0. The SMILES string of the molecule is C[N+](C)(C)C.OCCCO.[Cl-]. The number of quaternary nitrogens is 1. The van der Waals surface area contributed by atoms with E-state index in [0.717, 1.165) is 4.48 Å². The molecule has 0 aliphatic heterocycles. The smallest absolute Gasteiger partial charge is 0.0675 e. The summed E-state index contributed by atoms with van der Waals surface area (Å²) in [7, 11) is 8.50. The highest BCUT2D eigenvalue weighted by Gasteiger charge is 1.88. The van der Waals surface area contributed by atoms with Crippen LogP contribution in [-0.4, -0.2) is 56.1 Å². The summed E-state index contributed by atoms with van der Waals surface area (Å²) in [5, 5.41) is 15.8. The molecule has 0 heterocycles. The van der Waals surface area contributed by atoms with E-state index in [1.165, 1.54) is 0 Å². The summed E-state index contributed by atoms with van der Waals surface area (Å²) < 4.78 is 1.00. The third kappa shape index (κ3) is 144. The molecule has 0 radical (unpaired) electrons. The second-order valence-electron chi connectivity index (χ2n) is 3.48. The van der Waals surface area contributed by atoms with E-state index >= 15 is 0 Å². The Morgan fingerprint density at radius 3 is 1.09 bits per heavy atom. The number of halogens is 1. The maximum atomic E-state index is 7.91. The van der Waals surface area contributed by atoms with E-state index in [2.05, 4.69) is 28.2 Å². The van der Waals surface area contributed by atoms with Gasteiger partial charge in [0.25, 0.3) is 0 Å². The van der Waals surface area contributed by atoms with Crippen molar-refractivity contribution in [3.63, 3.8) is 0 Å². The summed E-state index contributed by atoms with van der Waals surface area (Å²) in [5.74, 6) is 0. The van der Waals surface area contributed by atoms with Gasteiger partial charge in [-0.05, 0) is 6.42 Å². The minimum Gasteiger partial charge on any atom is -1.00 e. The van der Waals surface area contributed by atoms with Gasteiger partial charge < -0.3 is 27.1 Å². The third-order valence-electron chi connectivity index (χ3n) is 0.316. The molecule has 0 fully saturated rings. The number of rotatable bonds is 2. The molecule has 0 amide bonds. The van der Waals surface area contributed by atoms with Crippen LogP contribution >= 0.6 is 0 Å². The van der Waals surface area contributed by atoms with Crippen LogP contribution in [0.4, 0.5) is 0 Å². The standard InChI is InChI=1S/C4H12N.C3H8O2.ClH/c1-5(2,3)4;4-2-1-3-5;/h1-4H3;4-5H,1-3H2;1H/q+1;;/p-1. The van der Waals surface area contributed by atoms with E-state index in [0.29, 0.717) is 6.42 Å². The largest absolute Gasteiger partial charge is 1.00 e. The minimum atomic E-state index is 0. The van der Waals surface area contributed by atoms with Crippen molar-refractivity contribution >= 4 is 0 Å². The van der Waals surface area contributed by atoms with Crippen molar-refractivity contribution in [3.05, 3.63) is 0 Å². The molecule has 0 unspecified atom stereocenters. The van der Waals surface area contributed by atoms with Crippen molar-refractivity contribution in [1.29, 1.82) is 0 Å². The molecule has 0 aliphatic rings. The molecule has 0 rings (SSSR count). The molecule has 0 aromatic carbocycles. The number of aliphatic hydroxyl groups is 2. The van der Waals surface area contributed by atoms with Gasteiger partial charge in [0.15, 0.2) is 0 Å². The highest BCUT2D eigenvalue weighted by molar-refractivity contribution is 4.22. The molecule has 11 heavy (non-hydrogen) atoms. The van der Waals surface area contributed by atoms with Crippen LogP contribution in [-0.2, 0) is 0 Å². The fourth-order valence-corrected chi connectivity index (χ4v) is 0.0707. The molecule has 3 nitrogen and oxygen atoms in total. The number of aliphatic hydroxyl groups excluding tert-OH is 2. The highest BCUT2D eigenvalue weighted by atomic mass is 35.5. The van der Waals surface area contributed by atoms with Crippen LogP contribution in [0.15, 0.2) is 0 Å². The van der Waals surface area contributed by atoms with Crippen LogP contribution in [0.5, 0.6) is 0 Å². The first-order chi connectivity index (χ1) is 4.41. The molecule has 0 atom stereocenters. The zero-order valence-corrected chi connectivity index (χ0v) is 8.60. The van der Waals surface area contributed by atoms with E-state index in [1.54, 1.807) is 0 Å². The predicted octanol–water partition coefficient (Wildman–Crippen LogP) is -3.31. The molecule has 4 heteroatoms. The average Bonchev–Trinajstić information content (AvgIpc) is 1.63. The lowest BCUT2D eigenvalue weighted by atomic mass is 10.5. The molecule has 0 aliphatic carbocycles. The fourth-order valence-electron chi connectivity index (χ4n) is 0.0707. The fraction of sp³-hybridized carbons (Fsp3) is 1.00. The van der Waals surface area contributed by atoms with E-state index < -0.39 is 0 Å². The molecule has 0 bridgehead atoms. The van der Waals surface area contributed by atoms with Crippen LogP contribution in [0.3, 0.4) is 0 Å². The van der Waals surface area contributed by atoms with Crippen LogP contribution < -0.4 is 12.4 Å². The quantitative estimate of drug-likeness (QED) is 0.443. The second kappa shape index (κ2) is 10.2. The van der Waals surface area contributed by atoms with E-state index in [-0.39, 0.29) is 25.6 Å². The van der Waals surface area contributed by atoms with Crippen LogP contribution in [0.1, 0.15) is 6.42 Å². The molecule has 0 aromatic rings. The van der Waals surface area contributed by atoms with Crippen molar-refractivity contribution in [1.82, 2.24) is 0 Å². The topological polar surface area (TPSA) is 40.5 Å². The van der Waals surface area contributed by atoms with E-state index in [4.69, 9.17) is 10.2 Å². The van der Waals surface area contributed by atoms with Gasteiger partial charge in [-0.15, -0.1) is 0 Å². The molecule has 0 saturated carbocycles. The van der Waals surface area contributed by atoms with E-state index in [1.807, 2.05) is 0 Å². The number of nitrogens with zero attached hydrogens (tertiary/aromatic N) is 1. The minimum absolute atomic E-state index is 0. The Morgan fingerprint density at radius 1 is 0.909 bits per heavy atom. The highest BCUT2D eigenvalue weighted by Crippen LogP contribution is 1.73. The zero-order chi connectivity index (χ0) is 8.62. The van der Waals surface area contributed by atoms with Gasteiger partial charge >= 0.3 is 0 Å². The average molecular weight is 186 g/mol. The van der Waals surface area contributed by atoms with Gasteiger partial charge in [-0.25, -0.2) is 0 Å². The maximum absolute atomic E-state index is 7.91. The van der Waals surface area contributed by atoms with Gasteiger partial charge in [-0.2, -0.15) is 0 Å². The summed E-state index contributed by atoms with van der Waals surface area (Å²) in [4.78, 5) is 0. The Hall–Kier alpha value is 0.170. The summed E-state index contributed by atoms with van der Waals surface area (Å²) in [6, 6.07) is 0. The molecule has 0 saturated heterocycles. The lowest BCUT2D eigenvalue weighted by Crippen LogP contribution is -3.00. The van der Waals surface area contributed by atoms with Crippen molar-refractivity contribution in [2.24, 2.45) is 0 Å². The van der Waals surface area contributed by atoms with Crippen molar-refractivity contribution in [3.8, 4) is 0 Å². The zero-order valence-electron chi connectivity index (χ0n) is 7.84. The lowest BCUT2D eigenvalue weighted by molar-refractivity contribution is -0.849.